The summed E-state index contributed by atoms with van der Waals surface area (Å²) in [4.78, 5) is 29.3. The van der Waals surface area contributed by atoms with Gasteiger partial charge in [0.1, 0.15) is 11.9 Å². The van der Waals surface area contributed by atoms with Crippen LogP contribution in [0.1, 0.15) is 49.7 Å². The highest BCUT2D eigenvalue weighted by Gasteiger charge is 2.32. The number of rotatable bonds is 13. The van der Waals surface area contributed by atoms with Crippen LogP contribution >= 0.6 is 11.6 Å². The molecular formula is C32H37ClFN3O4S. The fourth-order valence-electron chi connectivity index (χ4n) is 5.34. The fourth-order valence-corrected chi connectivity index (χ4v) is 6.50. The van der Waals surface area contributed by atoms with Gasteiger partial charge in [-0.1, -0.05) is 73.0 Å². The molecule has 0 heterocycles. The van der Waals surface area contributed by atoms with Crippen LogP contribution in [0.5, 0.6) is 0 Å². The van der Waals surface area contributed by atoms with E-state index in [0.717, 1.165) is 41.8 Å². The predicted molar refractivity (Wildman–Crippen MR) is 164 cm³/mol. The first kappa shape index (κ1) is 31.5. The van der Waals surface area contributed by atoms with Crippen LogP contribution in [-0.4, -0.2) is 50.0 Å². The number of benzene rings is 3. The fraction of sp³-hybridized carbons (Fsp3) is 0.375. The molecule has 0 aliphatic heterocycles. The molecule has 0 bridgehead atoms. The largest absolute Gasteiger partial charge is 0.352 e. The highest BCUT2D eigenvalue weighted by Crippen LogP contribution is 2.24. The summed E-state index contributed by atoms with van der Waals surface area (Å²) < 4.78 is 39.7. The number of nitrogens with one attached hydrogen (secondary N) is 1. The maximum Gasteiger partial charge on any atom is 0.243 e. The second-order valence-corrected chi connectivity index (χ2v) is 13.0. The van der Waals surface area contributed by atoms with Crippen LogP contribution in [0.15, 0.2) is 78.9 Å². The summed E-state index contributed by atoms with van der Waals surface area (Å²) in [5.74, 6) is -0.974. The number of halogens is 2. The van der Waals surface area contributed by atoms with Crippen molar-refractivity contribution in [3.63, 3.8) is 0 Å². The van der Waals surface area contributed by atoms with Gasteiger partial charge in [0.05, 0.1) is 11.9 Å². The van der Waals surface area contributed by atoms with Crippen LogP contribution in [0.4, 0.5) is 10.1 Å². The van der Waals surface area contributed by atoms with Crippen molar-refractivity contribution in [2.24, 2.45) is 0 Å². The van der Waals surface area contributed by atoms with Crippen molar-refractivity contribution in [2.75, 3.05) is 17.1 Å². The van der Waals surface area contributed by atoms with Crippen molar-refractivity contribution < 1.29 is 22.4 Å². The van der Waals surface area contributed by atoms with Gasteiger partial charge in [0.2, 0.25) is 21.8 Å². The lowest BCUT2D eigenvalue weighted by atomic mass is 10.0. The molecule has 1 fully saturated rings. The maximum atomic E-state index is 13.9. The molecule has 42 heavy (non-hydrogen) atoms. The number of carbonyl (C=O) groups is 2. The third-order valence-corrected chi connectivity index (χ3v) is 9.10. The third-order valence-electron chi connectivity index (χ3n) is 7.54. The molecule has 10 heteroatoms. The van der Waals surface area contributed by atoms with Gasteiger partial charge >= 0.3 is 0 Å². The van der Waals surface area contributed by atoms with Crippen molar-refractivity contribution in [1.29, 1.82) is 0 Å². The highest BCUT2D eigenvalue weighted by atomic mass is 35.5. The van der Waals surface area contributed by atoms with Gasteiger partial charge in [0.15, 0.2) is 0 Å². The SMILES string of the molecule is CS(=O)(=O)N(CCCC(=O)N(Cc1ccccc1Cl)[C@@H](Cc1ccccc1)C(=O)NC1CCCC1)c1ccc(F)cc1. The van der Waals surface area contributed by atoms with Crippen molar-refractivity contribution in [2.45, 2.75) is 63.6 Å². The Labute approximate surface area is 252 Å². The average molecular weight is 614 g/mol. The molecule has 2 amide bonds. The Morgan fingerprint density at radius 2 is 1.62 bits per heavy atom. The van der Waals surface area contributed by atoms with Crippen molar-refractivity contribution in [3.8, 4) is 0 Å². The summed E-state index contributed by atoms with van der Waals surface area (Å²) in [6, 6.07) is 21.2. The van der Waals surface area contributed by atoms with Gasteiger partial charge < -0.3 is 10.2 Å². The Hall–Kier alpha value is -3.43. The van der Waals surface area contributed by atoms with E-state index in [9.17, 15) is 22.4 Å². The van der Waals surface area contributed by atoms with Gasteiger partial charge in [-0.15, -0.1) is 0 Å². The molecule has 3 aromatic rings. The van der Waals surface area contributed by atoms with Crippen LogP contribution in [-0.2, 0) is 32.6 Å². The molecule has 1 aliphatic carbocycles. The van der Waals surface area contributed by atoms with E-state index in [4.69, 9.17) is 11.6 Å². The summed E-state index contributed by atoms with van der Waals surface area (Å²) in [5.41, 5.74) is 1.95. The zero-order chi connectivity index (χ0) is 30.1. The van der Waals surface area contributed by atoms with Crippen LogP contribution in [0.2, 0.25) is 5.02 Å². The Bertz CT molecular complexity index is 1450. The minimum absolute atomic E-state index is 0.000332. The number of hydrogen-bond donors (Lipinski definition) is 1. The Morgan fingerprint density at radius 1 is 0.976 bits per heavy atom. The predicted octanol–water partition coefficient (Wildman–Crippen LogP) is 5.72. The van der Waals surface area contributed by atoms with Gasteiger partial charge in [0, 0.05) is 37.0 Å². The lowest BCUT2D eigenvalue weighted by Crippen LogP contribution is -2.52. The zero-order valence-corrected chi connectivity index (χ0v) is 25.3. The number of sulfonamides is 1. The molecule has 7 nitrogen and oxygen atoms in total. The first-order valence-electron chi connectivity index (χ1n) is 14.2. The van der Waals surface area contributed by atoms with E-state index in [1.165, 1.54) is 24.3 Å². The molecule has 0 spiro atoms. The van der Waals surface area contributed by atoms with Gasteiger partial charge in [-0.2, -0.15) is 0 Å². The second-order valence-electron chi connectivity index (χ2n) is 10.7. The second kappa shape index (κ2) is 14.6. The summed E-state index contributed by atoms with van der Waals surface area (Å²) in [6.45, 7) is 0.148. The normalized spacial score (nSPS) is 14.4. The smallest absolute Gasteiger partial charge is 0.243 e. The average Bonchev–Trinajstić information content (AvgIpc) is 3.47. The Morgan fingerprint density at radius 3 is 2.26 bits per heavy atom. The quantitative estimate of drug-likeness (QED) is 0.267. The van der Waals surface area contributed by atoms with Gasteiger partial charge in [-0.25, -0.2) is 12.8 Å². The molecule has 0 aromatic heterocycles. The molecule has 1 atom stereocenters. The van der Waals surface area contributed by atoms with Crippen LogP contribution in [0.25, 0.3) is 0 Å². The molecule has 1 saturated carbocycles. The maximum absolute atomic E-state index is 13.9. The van der Waals surface area contributed by atoms with Crippen LogP contribution in [0.3, 0.4) is 0 Å². The van der Waals surface area contributed by atoms with E-state index < -0.39 is 21.9 Å². The number of hydrogen-bond acceptors (Lipinski definition) is 4. The molecule has 0 unspecified atom stereocenters. The van der Waals surface area contributed by atoms with Crippen molar-refractivity contribution >= 4 is 39.1 Å². The highest BCUT2D eigenvalue weighted by molar-refractivity contribution is 7.92. The standard InChI is InChI=1S/C32H37ClFN3O4S/c1-42(40,41)37(28-19-17-26(34)18-20-28)21-9-16-31(38)36(23-25-12-5-8-15-29(25)33)30(22-24-10-3-2-4-11-24)32(39)35-27-13-6-7-14-27/h2-5,8,10-12,15,17-20,27,30H,6-7,9,13-14,16,21-23H2,1H3,(H,35,39)/t30-/m0/s1. The Kier molecular flexibility index (Phi) is 11.0. The molecule has 0 radical (unpaired) electrons. The van der Waals surface area contributed by atoms with E-state index in [1.807, 2.05) is 48.5 Å². The zero-order valence-electron chi connectivity index (χ0n) is 23.7. The number of nitrogens with zero attached hydrogens (tertiary/aromatic N) is 2. The first-order chi connectivity index (χ1) is 20.1. The summed E-state index contributed by atoms with van der Waals surface area (Å²) >= 11 is 6.49. The monoisotopic (exact) mass is 613 g/mol. The molecule has 0 saturated heterocycles. The number of amides is 2. The van der Waals surface area contributed by atoms with E-state index in [1.54, 1.807) is 11.0 Å². The molecule has 1 N–H and O–H groups in total. The lowest BCUT2D eigenvalue weighted by Gasteiger charge is -2.33. The number of carbonyl (C=O) groups excluding carboxylic acids is 2. The molecule has 3 aromatic carbocycles. The minimum Gasteiger partial charge on any atom is -0.352 e. The van der Waals surface area contributed by atoms with E-state index in [2.05, 4.69) is 5.32 Å². The van der Waals surface area contributed by atoms with Gasteiger partial charge in [-0.05, 0) is 60.7 Å². The van der Waals surface area contributed by atoms with E-state index in [-0.39, 0.29) is 43.8 Å². The summed E-state index contributed by atoms with van der Waals surface area (Å²) in [5, 5.41) is 3.66. The van der Waals surface area contributed by atoms with E-state index in [0.29, 0.717) is 22.7 Å². The molecule has 224 valence electrons. The summed E-state index contributed by atoms with van der Waals surface area (Å²) in [7, 11) is -3.68. The first-order valence-corrected chi connectivity index (χ1v) is 16.4. The van der Waals surface area contributed by atoms with E-state index >= 15 is 0 Å². The summed E-state index contributed by atoms with van der Waals surface area (Å²) in [6.07, 6.45) is 5.53. The Balaban J connectivity index is 1.59. The lowest BCUT2D eigenvalue weighted by molar-refractivity contribution is -0.141. The third kappa shape index (κ3) is 8.79. The molecular weight excluding hydrogens is 577 g/mol. The molecule has 1 aliphatic rings. The topological polar surface area (TPSA) is 86.8 Å². The minimum atomic E-state index is -3.68. The number of anilines is 1. The van der Waals surface area contributed by atoms with Crippen molar-refractivity contribution in [3.05, 3.63) is 101 Å². The van der Waals surface area contributed by atoms with Crippen LogP contribution < -0.4 is 9.62 Å². The van der Waals surface area contributed by atoms with Crippen LogP contribution in [0, 0.1) is 5.82 Å². The van der Waals surface area contributed by atoms with Gasteiger partial charge in [0.25, 0.3) is 0 Å². The van der Waals surface area contributed by atoms with Gasteiger partial charge in [-0.3, -0.25) is 13.9 Å². The molecule has 4 rings (SSSR count). The van der Waals surface area contributed by atoms with Crippen molar-refractivity contribution in [1.82, 2.24) is 10.2 Å².